The fraction of sp³-hybridized carbons (Fsp3) is 0.409. The lowest BCUT2D eigenvalue weighted by molar-refractivity contribution is 0.0573. The lowest BCUT2D eigenvalue weighted by atomic mass is 10.1. The smallest absolute Gasteiger partial charge is 0.280 e. The van der Waals surface area contributed by atoms with Crippen LogP contribution < -0.4 is 0 Å². The number of amides is 1. The van der Waals surface area contributed by atoms with Gasteiger partial charge in [0.2, 0.25) is 0 Å². The number of carbonyl (C=O) groups excluding carboxylic acids is 1. The molecule has 0 unspecified atom stereocenters. The fourth-order valence-electron chi connectivity index (χ4n) is 4.51. The molecule has 4 heterocycles. The third kappa shape index (κ3) is 3.25. The Balaban J connectivity index is 1.55. The number of rotatable bonds is 3. The number of fused-ring (bicyclic) bond motifs is 2. The van der Waals surface area contributed by atoms with Crippen LogP contribution in [0.3, 0.4) is 0 Å². The summed E-state index contributed by atoms with van der Waals surface area (Å²) in [7, 11) is 0. The molecule has 156 valence electrons. The number of aromatic nitrogens is 3. The zero-order valence-electron chi connectivity index (χ0n) is 16.8. The highest BCUT2D eigenvalue weighted by molar-refractivity contribution is 6.00. The molecule has 2 saturated heterocycles. The average Bonchev–Trinajstić information content (AvgIpc) is 3.39. The van der Waals surface area contributed by atoms with Crippen molar-refractivity contribution in [2.45, 2.75) is 32.2 Å². The minimum Gasteiger partial charge on any atom is -0.336 e. The van der Waals surface area contributed by atoms with E-state index in [1.807, 2.05) is 36.1 Å². The highest BCUT2D eigenvalue weighted by Gasteiger charge is 2.34. The molecule has 0 bridgehead atoms. The molecule has 2 aliphatic rings. The predicted octanol–water partition coefficient (Wildman–Crippen LogP) is 3.56. The van der Waals surface area contributed by atoms with Gasteiger partial charge in [-0.3, -0.25) is 9.69 Å². The van der Waals surface area contributed by atoms with E-state index in [0.29, 0.717) is 24.8 Å². The number of nitrogens with zero attached hydrogens (tertiary/aromatic N) is 5. The summed E-state index contributed by atoms with van der Waals surface area (Å²) in [5, 5.41) is 4.09. The molecule has 0 N–H and O–H groups in total. The number of hydrogen-bond donors (Lipinski definition) is 0. The van der Waals surface area contributed by atoms with Crippen molar-refractivity contribution in [3.63, 3.8) is 0 Å². The number of carbonyl (C=O) groups is 1. The molecule has 8 heteroatoms. The molecular formula is C22H23F2N5O. The third-order valence-electron chi connectivity index (χ3n) is 6.18. The molecular weight excluding hydrogens is 388 g/mol. The van der Waals surface area contributed by atoms with Crippen LogP contribution in [0.4, 0.5) is 8.78 Å². The van der Waals surface area contributed by atoms with Gasteiger partial charge in [-0.05, 0) is 32.4 Å². The molecule has 2 fully saturated rings. The maximum atomic E-state index is 13.8. The highest BCUT2D eigenvalue weighted by Crippen LogP contribution is 2.28. The minimum absolute atomic E-state index is 0.183. The summed E-state index contributed by atoms with van der Waals surface area (Å²) in [6.07, 6.45) is 0.882. The number of piperazine rings is 1. The Morgan fingerprint density at radius 2 is 1.97 bits per heavy atom. The van der Waals surface area contributed by atoms with Gasteiger partial charge in [-0.2, -0.15) is 5.10 Å². The first-order valence-corrected chi connectivity index (χ1v) is 10.3. The topological polar surface area (TPSA) is 53.7 Å². The van der Waals surface area contributed by atoms with Crippen molar-refractivity contribution >= 4 is 11.6 Å². The molecule has 2 aliphatic heterocycles. The summed E-state index contributed by atoms with van der Waals surface area (Å²) in [4.78, 5) is 22.1. The first kappa shape index (κ1) is 19.1. The van der Waals surface area contributed by atoms with Gasteiger partial charge in [0, 0.05) is 31.2 Å². The van der Waals surface area contributed by atoms with Crippen LogP contribution in [-0.4, -0.2) is 62.5 Å². The van der Waals surface area contributed by atoms with Crippen LogP contribution in [0.25, 0.3) is 16.9 Å². The van der Waals surface area contributed by atoms with Gasteiger partial charge >= 0.3 is 0 Å². The number of benzene rings is 1. The van der Waals surface area contributed by atoms with Crippen molar-refractivity contribution < 1.29 is 13.6 Å². The summed E-state index contributed by atoms with van der Waals surface area (Å²) in [6.45, 7) is 5.19. The molecule has 0 saturated carbocycles. The number of halogens is 2. The van der Waals surface area contributed by atoms with E-state index >= 15 is 0 Å². The molecule has 2 aromatic heterocycles. The van der Waals surface area contributed by atoms with Gasteiger partial charge in [0.15, 0.2) is 5.65 Å². The number of hydrogen-bond acceptors (Lipinski definition) is 4. The highest BCUT2D eigenvalue weighted by atomic mass is 19.3. The van der Waals surface area contributed by atoms with Crippen molar-refractivity contribution in [3.05, 3.63) is 53.3 Å². The second-order valence-corrected chi connectivity index (χ2v) is 8.11. The largest absolute Gasteiger partial charge is 0.336 e. The van der Waals surface area contributed by atoms with Crippen molar-refractivity contribution in [2.24, 2.45) is 0 Å². The molecule has 1 amide bonds. The molecule has 1 aromatic carbocycles. The van der Waals surface area contributed by atoms with Gasteiger partial charge in [0.25, 0.3) is 12.3 Å². The lowest BCUT2D eigenvalue weighted by Gasteiger charge is -2.37. The monoisotopic (exact) mass is 411 g/mol. The first-order chi connectivity index (χ1) is 14.5. The van der Waals surface area contributed by atoms with E-state index in [-0.39, 0.29) is 22.8 Å². The van der Waals surface area contributed by atoms with E-state index < -0.39 is 6.43 Å². The van der Waals surface area contributed by atoms with Crippen molar-refractivity contribution in [2.75, 3.05) is 26.2 Å². The van der Waals surface area contributed by atoms with Crippen LogP contribution in [0.2, 0.25) is 0 Å². The van der Waals surface area contributed by atoms with Crippen molar-refractivity contribution in [3.8, 4) is 11.3 Å². The summed E-state index contributed by atoms with van der Waals surface area (Å²) in [6, 6.07) is 9.25. The summed E-state index contributed by atoms with van der Waals surface area (Å²) >= 11 is 0. The summed E-state index contributed by atoms with van der Waals surface area (Å²) in [5.74, 6) is -0.190. The van der Waals surface area contributed by atoms with E-state index in [0.717, 1.165) is 41.6 Å². The van der Waals surface area contributed by atoms with Crippen LogP contribution in [0, 0.1) is 6.92 Å². The molecule has 5 rings (SSSR count). The van der Waals surface area contributed by atoms with E-state index in [2.05, 4.69) is 15.0 Å². The first-order valence-electron chi connectivity index (χ1n) is 10.3. The quantitative estimate of drug-likeness (QED) is 0.661. The number of aryl methyl sites for hydroxylation is 1. The SMILES string of the molecule is Cc1ccc(-c2cc(C(F)F)n3ncc(C(=O)N4CCN5CCC[C@H]5C4)c3n2)cc1. The second kappa shape index (κ2) is 7.43. The summed E-state index contributed by atoms with van der Waals surface area (Å²) < 4.78 is 28.7. The minimum atomic E-state index is -2.73. The van der Waals surface area contributed by atoms with Crippen LogP contribution in [-0.2, 0) is 0 Å². The van der Waals surface area contributed by atoms with Gasteiger partial charge in [-0.1, -0.05) is 29.8 Å². The maximum absolute atomic E-state index is 13.8. The Labute approximate surface area is 173 Å². The van der Waals surface area contributed by atoms with E-state index in [1.54, 1.807) is 0 Å². The van der Waals surface area contributed by atoms with Crippen LogP contribution >= 0.6 is 0 Å². The van der Waals surface area contributed by atoms with Crippen LogP contribution in [0.1, 0.15) is 40.9 Å². The Morgan fingerprint density at radius 3 is 2.73 bits per heavy atom. The Bertz CT molecular complexity index is 1090. The number of alkyl halides is 2. The Kier molecular flexibility index (Phi) is 4.73. The average molecular weight is 411 g/mol. The standard InChI is InChI=1S/C22H23F2N5O/c1-14-4-6-15(7-5-14)18-11-19(20(23)24)29-21(26-18)17(12-25-29)22(30)28-10-9-27-8-2-3-16(27)13-28/h4-7,11-12,16,20H,2-3,8-10,13H2,1H3/t16-/m0/s1. The molecule has 3 aromatic rings. The zero-order valence-corrected chi connectivity index (χ0v) is 16.8. The molecule has 0 radical (unpaired) electrons. The van der Waals surface area contributed by atoms with Crippen LogP contribution in [0.15, 0.2) is 36.5 Å². The Hall–Kier alpha value is -2.87. The molecule has 6 nitrogen and oxygen atoms in total. The van der Waals surface area contributed by atoms with E-state index in [9.17, 15) is 13.6 Å². The van der Waals surface area contributed by atoms with Crippen LogP contribution in [0.5, 0.6) is 0 Å². The van der Waals surface area contributed by atoms with Gasteiger partial charge < -0.3 is 4.90 Å². The van der Waals surface area contributed by atoms with Gasteiger partial charge in [-0.25, -0.2) is 18.3 Å². The van der Waals surface area contributed by atoms with E-state index in [4.69, 9.17) is 0 Å². The van der Waals surface area contributed by atoms with Crippen molar-refractivity contribution in [1.29, 1.82) is 0 Å². The molecule has 0 aliphatic carbocycles. The van der Waals surface area contributed by atoms with Gasteiger partial charge in [0.05, 0.1) is 11.9 Å². The molecule has 1 atom stereocenters. The predicted molar refractivity (Wildman–Crippen MR) is 109 cm³/mol. The lowest BCUT2D eigenvalue weighted by Crippen LogP contribution is -2.52. The Morgan fingerprint density at radius 1 is 1.17 bits per heavy atom. The normalized spacial score (nSPS) is 19.6. The third-order valence-corrected chi connectivity index (χ3v) is 6.18. The van der Waals surface area contributed by atoms with E-state index in [1.165, 1.54) is 12.3 Å². The molecule has 30 heavy (non-hydrogen) atoms. The van der Waals surface area contributed by atoms with Crippen molar-refractivity contribution in [1.82, 2.24) is 24.4 Å². The van der Waals surface area contributed by atoms with Gasteiger partial charge in [0.1, 0.15) is 11.3 Å². The zero-order chi connectivity index (χ0) is 20.8. The maximum Gasteiger partial charge on any atom is 0.280 e. The molecule has 0 spiro atoms. The fourth-order valence-corrected chi connectivity index (χ4v) is 4.51. The van der Waals surface area contributed by atoms with Gasteiger partial charge in [-0.15, -0.1) is 0 Å². The second-order valence-electron chi connectivity index (χ2n) is 8.11. The summed E-state index contributed by atoms with van der Waals surface area (Å²) in [5.41, 5.74) is 2.40.